The van der Waals surface area contributed by atoms with Gasteiger partial charge >= 0.3 is 5.97 Å². The third-order valence-electron chi connectivity index (χ3n) is 2.48. The van der Waals surface area contributed by atoms with Crippen molar-refractivity contribution in [1.82, 2.24) is 0 Å². The minimum atomic E-state index is -0.692. The van der Waals surface area contributed by atoms with Gasteiger partial charge in [0.2, 0.25) is 0 Å². The van der Waals surface area contributed by atoms with Crippen molar-refractivity contribution >= 4 is 21.9 Å². The van der Waals surface area contributed by atoms with Crippen LogP contribution >= 0.6 is 15.9 Å². The van der Waals surface area contributed by atoms with Crippen LogP contribution in [0.4, 0.5) is 0 Å². The molecule has 2 nitrogen and oxygen atoms in total. The number of carbonyl (C=O) groups is 1. The monoisotopic (exact) mass is 240 g/mol. The van der Waals surface area contributed by atoms with Crippen LogP contribution in [-0.2, 0) is 17.6 Å². The fraction of sp³-hybridized carbons (Fsp3) is 0.300. The molecule has 0 heterocycles. The van der Waals surface area contributed by atoms with E-state index in [1.807, 2.05) is 18.2 Å². The zero-order valence-corrected chi connectivity index (χ0v) is 8.54. The summed E-state index contributed by atoms with van der Waals surface area (Å²) in [6, 6.07) is 5.92. The third-order valence-corrected chi connectivity index (χ3v) is 3.22. The Morgan fingerprint density at radius 3 is 2.85 bits per heavy atom. The highest BCUT2D eigenvalue weighted by molar-refractivity contribution is 9.10. The van der Waals surface area contributed by atoms with E-state index in [1.165, 1.54) is 5.56 Å². The van der Waals surface area contributed by atoms with Crippen molar-refractivity contribution in [2.45, 2.75) is 12.8 Å². The van der Waals surface area contributed by atoms with Crippen molar-refractivity contribution in [2.75, 3.05) is 0 Å². The minimum Gasteiger partial charge on any atom is -0.481 e. The van der Waals surface area contributed by atoms with Crippen LogP contribution in [0.15, 0.2) is 22.7 Å². The summed E-state index contributed by atoms with van der Waals surface area (Å²) in [6.45, 7) is 0. The molecule has 0 aromatic heterocycles. The van der Waals surface area contributed by atoms with E-state index in [0.29, 0.717) is 12.8 Å². The Kier molecular flexibility index (Phi) is 2.12. The smallest absolute Gasteiger partial charge is 0.307 e. The van der Waals surface area contributed by atoms with Gasteiger partial charge in [0, 0.05) is 4.47 Å². The topological polar surface area (TPSA) is 37.3 Å². The number of rotatable bonds is 1. The maximum absolute atomic E-state index is 10.8. The Hall–Kier alpha value is -0.830. The van der Waals surface area contributed by atoms with Crippen LogP contribution in [0.5, 0.6) is 0 Å². The van der Waals surface area contributed by atoms with Crippen LogP contribution in [0, 0.1) is 5.92 Å². The van der Waals surface area contributed by atoms with E-state index in [9.17, 15) is 4.79 Å². The maximum atomic E-state index is 10.8. The summed E-state index contributed by atoms with van der Waals surface area (Å²) in [5.41, 5.74) is 2.33. The summed E-state index contributed by atoms with van der Waals surface area (Å²) in [6.07, 6.45) is 1.33. The normalized spacial score (nSPS) is 19.9. The highest BCUT2D eigenvalue weighted by Crippen LogP contribution is 2.32. The lowest BCUT2D eigenvalue weighted by molar-refractivity contribution is -0.141. The largest absolute Gasteiger partial charge is 0.481 e. The van der Waals surface area contributed by atoms with Crippen molar-refractivity contribution in [3.05, 3.63) is 33.8 Å². The summed E-state index contributed by atoms with van der Waals surface area (Å²) in [5.74, 6) is -0.920. The van der Waals surface area contributed by atoms with Crippen molar-refractivity contribution in [3.8, 4) is 0 Å². The number of halogens is 1. The maximum Gasteiger partial charge on any atom is 0.307 e. The second-order valence-corrected chi connectivity index (χ2v) is 4.18. The van der Waals surface area contributed by atoms with E-state index in [1.54, 1.807) is 0 Å². The predicted molar refractivity (Wildman–Crippen MR) is 52.7 cm³/mol. The van der Waals surface area contributed by atoms with Gasteiger partial charge in [-0.05, 0) is 30.0 Å². The summed E-state index contributed by atoms with van der Waals surface area (Å²) in [7, 11) is 0. The third kappa shape index (κ3) is 1.48. The first-order valence-corrected chi connectivity index (χ1v) is 4.97. The van der Waals surface area contributed by atoms with Crippen LogP contribution < -0.4 is 0 Å². The van der Waals surface area contributed by atoms with E-state index in [-0.39, 0.29) is 5.92 Å². The Morgan fingerprint density at radius 2 is 2.23 bits per heavy atom. The summed E-state index contributed by atoms with van der Waals surface area (Å²) in [4.78, 5) is 10.8. The lowest BCUT2D eigenvalue weighted by Gasteiger charge is -2.00. The average Bonchev–Trinajstić information content (AvgIpc) is 2.49. The van der Waals surface area contributed by atoms with Gasteiger partial charge in [0.05, 0.1) is 5.92 Å². The molecule has 1 N–H and O–H groups in total. The Balaban J connectivity index is 2.35. The number of carboxylic acid groups (broad SMARTS) is 1. The SMILES string of the molecule is O=C(O)[C@H]1Cc2cccc(Br)c2C1. The first-order chi connectivity index (χ1) is 6.18. The number of fused-ring (bicyclic) bond motifs is 1. The number of hydrogen-bond acceptors (Lipinski definition) is 1. The molecule has 0 saturated carbocycles. The number of hydrogen-bond donors (Lipinski definition) is 1. The van der Waals surface area contributed by atoms with Crippen molar-refractivity contribution in [2.24, 2.45) is 5.92 Å². The van der Waals surface area contributed by atoms with Gasteiger partial charge in [-0.15, -0.1) is 0 Å². The highest BCUT2D eigenvalue weighted by Gasteiger charge is 2.27. The van der Waals surface area contributed by atoms with Gasteiger partial charge in [-0.25, -0.2) is 0 Å². The zero-order valence-electron chi connectivity index (χ0n) is 6.96. The molecule has 68 valence electrons. The molecule has 0 aliphatic heterocycles. The number of aliphatic carboxylic acids is 1. The molecule has 1 aliphatic carbocycles. The quantitative estimate of drug-likeness (QED) is 0.818. The van der Waals surface area contributed by atoms with Crippen LogP contribution in [0.2, 0.25) is 0 Å². The summed E-state index contributed by atoms with van der Waals surface area (Å²) < 4.78 is 1.04. The average molecular weight is 241 g/mol. The molecule has 13 heavy (non-hydrogen) atoms. The van der Waals surface area contributed by atoms with Gasteiger partial charge in [-0.2, -0.15) is 0 Å². The number of benzene rings is 1. The Labute approximate surface area is 84.7 Å². The molecule has 0 fully saturated rings. The zero-order chi connectivity index (χ0) is 9.42. The standard InChI is InChI=1S/C10H9BrO2/c11-9-3-1-2-6-4-7(10(12)13)5-8(6)9/h1-3,7H,4-5H2,(H,12,13)/t7-/m0/s1. The van der Waals surface area contributed by atoms with Gasteiger partial charge in [-0.1, -0.05) is 28.1 Å². The first kappa shape index (κ1) is 8.75. The van der Waals surface area contributed by atoms with Crippen LogP contribution in [0.3, 0.4) is 0 Å². The fourth-order valence-corrected chi connectivity index (χ4v) is 2.35. The van der Waals surface area contributed by atoms with E-state index in [0.717, 1.165) is 10.0 Å². The van der Waals surface area contributed by atoms with Gasteiger partial charge < -0.3 is 5.11 Å². The van der Waals surface area contributed by atoms with E-state index in [2.05, 4.69) is 15.9 Å². The van der Waals surface area contributed by atoms with Crippen LogP contribution in [0.1, 0.15) is 11.1 Å². The molecular formula is C10H9BrO2. The molecule has 3 heteroatoms. The van der Waals surface area contributed by atoms with Gasteiger partial charge in [0.25, 0.3) is 0 Å². The second kappa shape index (κ2) is 3.14. The Bertz CT molecular complexity index is 360. The fourth-order valence-electron chi connectivity index (χ4n) is 1.78. The molecule has 0 bridgehead atoms. The van der Waals surface area contributed by atoms with Gasteiger partial charge in [0.1, 0.15) is 0 Å². The molecule has 0 amide bonds. The highest BCUT2D eigenvalue weighted by atomic mass is 79.9. The lowest BCUT2D eigenvalue weighted by Crippen LogP contribution is -2.12. The molecule has 1 aliphatic rings. The van der Waals surface area contributed by atoms with E-state index in [4.69, 9.17) is 5.11 Å². The van der Waals surface area contributed by atoms with Crippen LogP contribution in [-0.4, -0.2) is 11.1 Å². The van der Waals surface area contributed by atoms with Gasteiger partial charge in [-0.3, -0.25) is 4.79 Å². The number of carboxylic acids is 1. The molecule has 1 aromatic rings. The summed E-state index contributed by atoms with van der Waals surface area (Å²) >= 11 is 3.43. The molecule has 0 saturated heterocycles. The molecule has 0 unspecified atom stereocenters. The second-order valence-electron chi connectivity index (χ2n) is 3.32. The van der Waals surface area contributed by atoms with E-state index >= 15 is 0 Å². The molecule has 0 radical (unpaired) electrons. The first-order valence-electron chi connectivity index (χ1n) is 4.17. The molecule has 0 spiro atoms. The van der Waals surface area contributed by atoms with Crippen LogP contribution in [0.25, 0.3) is 0 Å². The van der Waals surface area contributed by atoms with Crippen molar-refractivity contribution < 1.29 is 9.90 Å². The molecule has 1 atom stereocenters. The van der Waals surface area contributed by atoms with E-state index < -0.39 is 5.97 Å². The predicted octanol–water partition coefficient (Wildman–Crippen LogP) is 2.25. The van der Waals surface area contributed by atoms with Crippen molar-refractivity contribution in [3.63, 3.8) is 0 Å². The molecular weight excluding hydrogens is 232 g/mol. The van der Waals surface area contributed by atoms with Gasteiger partial charge in [0.15, 0.2) is 0 Å². The van der Waals surface area contributed by atoms with Crippen molar-refractivity contribution in [1.29, 1.82) is 0 Å². The molecule has 1 aromatic carbocycles. The Morgan fingerprint density at radius 1 is 1.46 bits per heavy atom. The minimum absolute atomic E-state index is 0.228. The lowest BCUT2D eigenvalue weighted by atomic mass is 10.1. The summed E-state index contributed by atoms with van der Waals surface area (Å²) in [5, 5.41) is 8.86. The molecule has 2 rings (SSSR count).